The van der Waals surface area contributed by atoms with Crippen LogP contribution in [-0.4, -0.2) is 33.2 Å². The van der Waals surface area contributed by atoms with Gasteiger partial charge in [0.25, 0.3) is 5.91 Å². The Kier molecular flexibility index (Phi) is 5.99. The second-order valence-electron chi connectivity index (χ2n) is 4.74. The zero-order valence-corrected chi connectivity index (χ0v) is 13.3. The van der Waals surface area contributed by atoms with E-state index in [1.54, 1.807) is 54.6 Å². The van der Waals surface area contributed by atoms with Crippen molar-refractivity contribution in [2.75, 3.05) is 23.6 Å². The van der Waals surface area contributed by atoms with Crippen LogP contribution in [0, 0.1) is 0 Å². The van der Waals surface area contributed by atoms with Crippen LogP contribution in [0.3, 0.4) is 0 Å². The Morgan fingerprint density at radius 2 is 1.57 bits per heavy atom. The maximum atomic E-state index is 11.9. The summed E-state index contributed by atoms with van der Waals surface area (Å²) in [5, 5.41) is 2.51. The number of carbonyl (C=O) groups excluding carboxylic acids is 1. The number of ether oxygens (including phenoxy) is 1. The molecule has 2 N–H and O–H groups in total. The first-order chi connectivity index (χ1) is 11.1. The maximum absolute atomic E-state index is 11.9. The number of para-hydroxylation sites is 2. The van der Waals surface area contributed by atoms with Crippen molar-refractivity contribution in [2.45, 2.75) is 0 Å². The number of hydrogen-bond donors (Lipinski definition) is 2. The minimum absolute atomic E-state index is 0.0130. The molecule has 2 aromatic carbocycles. The van der Waals surface area contributed by atoms with Crippen LogP contribution in [0.25, 0.3) is 0 Å². The van der Waals surface area contributed by atoms with Crippen LogP contribution < -0.4 is 14.8 Å². The van der Waals surface area contributed by atoms with E-state index in [0.717, 1.165) is 0 Å². The molecule has 0 heterocycles. The normalized spacial score (nSPS) is 10.8. The number of carbonyl (C=O) groups is 1. The number of benzene rings is 2. The topological polar surface area (TPSA) is 84.5 Å². The van der Waals surface area contributed by atoms with Gasteiger partial charge in [0.2, 0.25) is 10.0 Å². The summed E-state index contributed by atoms with van der Waals surface area (Å²) in [7, 11) is -3.50. The number of sulfonamides is 1. The molecule has 0 fully saturated rings. The molecule has 2 aromatic rings. The van der Waals surface area contributed by atoms with Crippen molar-refractivity contribution >= 4 is 21.6 Å². The van der Waals surface area contributed by atoms with Gasteiger partial charge in [-0.15, -0.1) is 0 Å². The molecule has 0 saturated carbocycles. The Hall–Kier alpha value is -2.54. The largest absolute Gasteiger partial charge is 0.484 e. The molecule has 1 amide bonds. The quantitative estimate of drug-likeness (QED) is 0.768. The van der Waals surface area contributed by atoms with Gasteiger partial charge >= 0.3 is 0 Å². The molecule has 0 spiro atoms. The first-order valence-electron chi connectivity index (χ1n) is 7.05. The zero-order valence-electron chi connectivity index (χ0n) is 12.4. The average Bonchev–Trinajstić information content (AvgIpc) is 2.54. The summed E-state index contributed by atoms with van der Waals surface area (Å²) in [5.74, 6) is 0.00341. The lowest BCUT2D eigenvalue weighted by molar-refractivity contribution is -0.122. The van der Waals surface area contributed by atoms with Crippen molar-refractivity contribution in [1.29, 1.82) is 0 Å². The highest BCUT2D eigenvalue weighted by molar-refractivity contribution is 7.92. The van der Waals surface area contributed by atoms with Crippen LogP contribution >= 0.6 is 0 Å². The van der Waals surface area contributed by atoms with E-state index in [2.05, 4.69) is 10.0 Å². The van der Waals surface area contributed by atoms with Crippen LogP contribution in [0.15, 0.2) is 60.7 Å². The van der Waals surface area contributed by atoms with E-state index in [-0.39, 0.29) is 24.8 Å². The SMILES string of the molecule is O=C(COc1ccccc1)NCCS(=O)(=O)Nc1ccccc1. The highest BCUT2D eigenvalue weighted by Gasteiger charge is 2.11. The van der Waals surface area contributed by atoms with Crippen LogP contribution in [-0.2, 0) is 14.8 Å². The lowest BCUT2D eigenvalue weighted by atomic mass is 10.3. The van der Waals surface area contributed by atoms with Gasteiger partial charge in [0, 0.05) is 12.2 Å². The predicted molar refractivity (Wildman–Crippen MR) is 88.8 cm³/mol. The van der Waals surface area contributed by atoms with Crippen molar-refractivity contribution in [3.63, 3.8) is 0 Å². The van der Waals surface area contributed by atoms with Crippen LogP contribution in [0.4, 0.5) is 5.69 Å². The highest BCUT2D eigenvalue weighted by atomic mass is 32.2. The molecule has 7 heteroatoms. The van der Waals surface area contributed by atoms with Crippen molar-refractivity contribution < 1.29 is 17.9 Å². The Labute approximate surface area is 135 Å². The minimum atomic E-state index is -3.50. The lowest BCUT2D eigenvalue weighted by Gasteiger charge is -2.09. The Balaban J connectivity index is 1.70. The molecule has 23 heavy (non-hydrogen) atoms. The summed E-state index contributed by atoms with van der Waals surface area (Å²) < 4.78 is 31.4. The van der Waals surface area contributed by atoms with E-state index in [4.69, 9.17) is 4.74 Å². The first kappa shape index (κ1) is 16.8. The highest BCUT2D eigenvalue weighted by Crippen LogP contribution is 2.08. The standard InChI is InChI=1S/C16H18N2O4S/c19-16(13-22-15-9-5-2-6-10-15)17-11-12-23(20,21)18-14-7-3-1-4-8-14/h1-10,18H,11-13H2,(H,17,19). The van der Waals surface area contributed by atoms with Gasteiger partial charge in [-0.05, 0) is 24.3 Å². The monoisotopic (exact) mass is 334 g/mol. The molecule has 0 atom stereocenters. The van der Waals surface area contributed by atoms with E-state index >= 15 is 0 Å². The number of amides is 1. The van der Waals surface area contributed by atoms with Crippen LogP contribution in [0.2, 0.25) is 0 Å². The third-order valence-electron chi connectivity index (χ3n) is 2.85. The summed E-state index contributed by atoms with van der Waals surface area (Å²) in [6.07, 6.45) is 0. The van der Waals surface area contributed by atoms with Crippen molar-refractivity contribution in [1.82, 2.24) is 5.32 Å². The molecule has 0 aromatic heterocycles. The lowest BCUT2D eigenvalue weighted by Crippen LogP contribution is -2.34. The van der Waals surface area contributed by atoms with E-state index < -0.39 is 10.0 Å². The predicted octanol–water partition coefficient (Wildman–Crippen LogP) is 1.62. The van der Waals surface area contributed by atoms with Gasteiger partial charge in [0.15, 0.2) is 6.61 Å². The third kappa shape index (κ3) is 6.39. The first-order valence-corrected chi connectivity index (χ1v) is 8.70. The Morgan fingerprint density at radius 1 is 0.957 bits per heavy atom. The number of nitrogens with one attached hydrogen (secondary N) is 2. The fraction of sp³-hybridized carbons (Fsp3) is 0.188. The second kappa shape index (κ2) is 8.19. The summed E-state index contributed by atoms with van der Waals surface area (Å²) in [6.45, 7) is -0.144. The van der Waals surface area contributed by atoms with E-state index in [0.29, 0.717) is 11.4 Å². The number of anilines is 1. The number of hydrogen-bond acceptors (Lipinski definition) is 4. The van der Waals surface area contributed by atoms with Gasteiger partial charge in [-0.3, -0.25) is 9.52 Å². The Morgan fingerprint density at radius 3 is 2.22 bits per heavy atom. The fourth-order valence-electron chi connectivity index (χ4n) is 1.78. The molecule has 6 nitrogen and oxygen atoms in total. The van der Waals surface area contributed by atoms with Crippen LogP contribution in [0.1, 0.15) is 0 Å². The number of rotatable bonds is 8. The fourth-order valence-corrected chi connectivity index (χ4v) is 2.75. The molecule has 0 radical (unpaired) electrons. The summed E-state index contributed by atoms with van der Waals surface area (Å²) in [6, 6.07) is 17.5. The molecule has 122 valence electrons. The second-order valence-corrected chi connectivity index (χ2v) is 6.58. The van der Waals surface area contributed by atoms with Crippen molar-refractivity contribution in [3.05, 3.63) is 60.7 Å². The summed E-state index contributed by atoms with van der Waals surface area (Å²) >= 11 is 0. The van der Waals surface area contributed by atoms with Gasteiger partial charge in [-0.25, -0.2) is 8.42 Å². The molecule has 2 rings (SSSR count). The minimum Gasteiger partial charge on any atom is -0.484 e. The molecule has 0 aliphatic rings. The molecular weight excluding hydrogens is 316 g/mol. The summed E-state index contributed by atoms with van der Waals surface area (Å²) in [4.78, 5) is 11.6. The van der Waals surface area contributed by atoms with Crippen LogP contribution in [0.5, 0.6) is 5.75 Å². The zero-order chi connectivity index (χ0) is 16.5. The maximum Gasteiger partial charge on any atom is 0.257 e. The van der Waals surface area contributed by atoms with Gasteiger partial charge in [-0.2, -0.15) is 0 Å². The summed E-state index contributed by atoms with van der Waals surface area (Å²) in [5.41, 5.74) is 0.492. The smallest absolute Gasteiger partial charge is 0.257 e. The van der Waals surface area contributed by atoms with Gasteiger partial charge in [-0.1, -0.05) is 36.4 Å². The Bertz CT molecular complexity index is 718. The molecule has 0 bridgehead atoms. The van der Waals surface area contributed by atoms with Crippen molar-refractivity contribution in [3.8, 4) is 5.75 Å². The average molecular weight is 334 g/mol. The van der Waals surface area contributed by atoms with Gasteiger partial charge in [0.1, 0.15) is 5.75 Å². The molecule has 0 unspecified atom stereocenters. The molecule has 0 aliphatic carbocycles. The molecule has 0 aliphatic heterocycles. The molecule has 0 saturated heterocycles. The van der Waals surface area contributed by atoms with E-state index in [1.807, 2.05) is 6.07 Å². The van der Waals surface area contributed by atoms with E-state index in [1.165, 1.54) is 0 Å². The molecular formula is C16H18N2O4S. The van der Waals surface area contributed by atoms with Gasteiger partial charge < -0.3 is 10.1 Å². The van der Waals surface area contributed by atoms with Gasteiger partial charge in [0.05, 0.1) is 5.75 Å². The van der Waals surface area contributed by atoms with E-state index in [9.17, 15) is 13.2 Å². The van der Waals surface area contributed by atoms with Crippen molar-refractivity contribution in [2.24, 2.45) is 0 Å². The third-order valence-corrected chi connectivity index (χ3v) is 4.14.